The zero-order valence-electron chi connectivity index (χ0n) is 8.86. The minimum Gasteiger partial charge on any atom is -0.392 e. The van der Waals surface area contributed by atoms with Crippen molar-refractivity contribution in [3.05, 3.63) is 28.0 Å². The highest BCUT2D eigenvalue weighted by Gasteiger charge is 1.98. The van der Waals surface area contributed by atoms with Crippen molar-refractivity contribution in [2.24, 2.45) is 0 Å². The summed E-state index contributed by atoms with van der Waals surface area (Å²) in [6, 6.07) is 3.98. The lowest BCUT2D eigenvalue weighted by Gasteiger charge is -2.03. The maximum atomic E-state index is 11.2. The molecular formula is C11H15NO2S. The topological polar surface area (TPSA) is 49.3 Å². The van der Waals surface area contributed by atoms with Gasteiger partial charge in [0.25, 0.3) is 0 Å². The Hall–Kier alpha value is -1.13. The Labute approximate surface area is 93.4 Å². The summed E-state index contributed by atoms with van der Waals surface area (Å²) in [5, 5.41) is 11.5. The molecule has 1 aromatic heterocycles. The number of rotatable bonds is 4. The van der Waals surface area contributed by atoms with Crippen LogP contribution >= 0.6 is 11.3 Å². The Balaban J connectivity index is 2.40. The lowest BCUT2D eigenvalue weighted by atomic mass is 10.3. The van der Waals surface area contributed by atoms with Gasteiger partial charge in [-0.05, 0) is 32.1 Å². The van der Waals surface area contributed by atoms with Crippen LogP contribution in [-0.2, 0) is 4.79 Å². The molecule has 1 aromatic rings. The summed E-state index contributed by atoms with van der Waals surface area (Å²) < 4.78 is 0. The predicted molar refractivity (Wildman–Crippen MR) is 62.8 cm³/mol. The molecule has 2 N–H and O–H groups in total. The van der Waals surface area contributed by atoms with Gasteiger partial charge >= 0.3 is 0 Å². The average Bonchev–Trinajstić information content (AvgIpc) is 2.58. The Morgan fingerprint density at radius 1 is 1.67 bits per heavy atom. The number of carbonyl (C=O) groups is 1. The van der Waals surface area contributed by atoms with Crippen LogP contribution < -0.4 is 5.32 Å². The van der Waals surface area contributed by atoms with Crippen LogP contribution in [0, 0.1) is 6.92 Å². The van der Waals surface area contributed by atoms with Crippen molar-refractivity contribution in [3.8, 4) is 0 Å². The molecule has 4 heteroatoms. The standard InChI is InChI=1S/C11H15NO2S/c1-8(13)7-12-11(14)6-5-10-4-3-9(2)15-10/h3-6,8,13H,7H2,1-2H3,(H,12,14)/b6-5+. The van der Waals surface area contributed by atoms with Crippen LogP contribution in [0.3, 0.4) is 0 Å². The molecule has 1 unspecified atom stereocenters. The van der Waals surface area contributed by atoms with Gasteiger partial charge in [0, 0.05) is 22.4 Å². The molecule has 0 spiro atoms. The molecule has 0 aliphatic heterocycles. The van der Waals surface area contributed by atoms with Crippen LogP contribution in [0.15, 0.2) is 18.2 Å². The molecule has 0 bridgehead atoms. The van der Waals surface area contributed by atoms with E-state index in [1.54, 1.807) is 24.3 Å². The van der Waals surface area contributed by atoms with Gasteiger partial charge < -0.3 is 10.4 Å². The van der Waals surface area contributed by atoms with E-state index in [1.807, 2.05) is 19.1 Å². The number of nitrogens with one attached hydrogen (secondary N) is 1. The molecule has 1 amide bonds. The number of hydrogen-bond acceptors (Lipinski definition) is 3. The van der Waals surface area contributed by atoms with Crippen molar-refractivity contribution in [1.82, 2.24) is 5.32 Å². The van der Waals surface area contributed by atoms with Crippen LogP contribution in [0.2, 0.25) is 0 Å². The van der Waals surface area contributed by atoms with E-state index in [4.69, 9.17) is 5.11 Å². The fourth-order valence-electron chi connectivity index (χ4n) is 1.01. The third-order valence-electron chi connectivity index (χ3n) is 1.73. The van der Waals surface area contributed by atoms with E-state index in [0.717, 1.165) is 4.88 Å². The third-order valence-corrected chi connectivity index (χ3v) is 2.70. The summed E-state index contributed by atoms with van der Waals surface area (Å²) in [6.45, 7) is 3.94. The number of amides is 1. The fourth-order valence-corrected chi connectivity index (χ4v) is 1.79. The maximum Gasteiger partial charge on any atom is 0.244 e. The fraction of sp³-hybridized carbons (Fsp3) is 0.364. The molecule has 1 atom stereocenters. The highest BCUT2D eigenvalue weighted by Crippen LogP contribution is 2.16. The number of aliphatic hydroxyl groups excluding tert-OH is 1. The predicted octanol–water partition coefficient (Wildman–Crippen LogP) is 1.57. The minimum atomic E-state index is -0.508. The second-order valence-corrected chi connectivity index (χ2v) is 4.70. The molecule has 0 saturated carbocycles. The Kier molecular flexibility index (Phi) is 4.52. The third kappa shape index (κ3) is 4.76. The summed E-state index contributed by atoms with van der Waals surface area (Å²) in [5.41, 5.74) is 0. The molecule has 1 heterocycles. The van der Waals surface area contributed by atoms with Gasteiger partial charge in [0.1, 0.15) is 0 Å². The highest BCUT2D eigenvalue weighted by atomic mass is 32.1. The van der Waals surface area contributed by atoms with Crippen molar-refractivity contribution in [3.63, 3.8) is 0 Å². The molecule has 0 fully saturated rings. The first-order valence-corrected chi connectivity index (χ1v) is 5.60. The van der Waals surface area contributed by atoms with Crippen molar-refractivity contribution < 1.29 is 9.90 Å². The van der Waals surface area contributed by atoms with E-state index in [2.05, 4.69) is 5.32 Å². The first kappa shape index (κ1) is 11.9. The lowest BCUT2D eigenvalue weighted by molar-refractivity contribution is -0.116. The molecule has 0 aliphatic carbocycles. The smallest absolute Gasteiger partial charge is 0.244 e. The van der Waals surface area contributed by atoms with Crippen LogP contribution in [-0.4, -0.2) is 23.7 Å². The van der Waals surface area contributed by atoms with Crippen LogP contribution in [0.1, 0.15) is 16.7 Å². The van der Waals surface area contributed by atoms with Crippen LogP contribution in [0.4, 0.5) is 0 Å². The maximum absolute atomic E-state index is 11.2. The zero-order chi connectivity index (χ0) is 11.3. The highest BCUT2D eigenvalue weighted by molar-refractivity contribution is 7.12. The Bertz CT molecular complexity index is 355. The van der Waals surface area contributed by atoms with Gasteiger partial charge in [-0.25, -0.2) is 0 Å². The Morgan fingerprint density at radius 2 is 2.40 bits per heavy atom. The van der Waals surface area contributed by atoms with Gasteiger partial charge in [-0.15, -0.1) is 11.3 Å². The molecule has 0 saturated heterocycles. The van der Waals surface area contributed by atoms with Crippen molar-refractivity contribution in [1.29, 1.82) is 0 Å². The summed E-state index contributed by atoms with van der Waals surface area (Å²) in [6.07, 6.45) is 2.74. The van der Waals surface area contributed by atoms with Gasteiger partial charge in [0.2, 0.25) is 5.91 Å². The zero-order valence-corrected chi connectivity index (χ0v) is 9.67. The number of carbonyl (C=O) groups excluding carboxylic acids is 1. The first-order valence-electron chi connectivity index (χ1n) is 4.78. The van der Waals surface area contributed by atoms with Gasteiger partial charge in [0.05, 0.1) is 6.10 Å². The molecule has 0 aromatic carbocycles. The average molecular weight is 225 g/mol. The number of thiophene rings is 1. The first-order chi connectivity index (χ1) is 7.08. The minimum absolute atomic E-state index is 0.179. The quantitative estimate of drug-likeness (QED) is 0.764. The van der Waals surface area contributed by atoms with E-state index in [-0.39, 0.29) is 12.5 Å². The number of aryl methyl sites for hydroxylation is 1. The van der Waals surface area contributed by atoms with Crippen LogP contribution in [0.25, 0.3) is 6.08 Å². The SMILES string of the molecule is Cc1ccc(/C=C/C(=O)NCC(C)O)s1. The van der Waals surface area contributed by atoms with Crippen molar-refractivity contribution in [2.45, 2.75) is 20.0 Å². The monoisotopic (exact) mass is 225 g/mol. The van der Waals surface area contributed by atoms with E-state index < -0.39 is 6.10 Å². The van der Waals surface area contributed by atoms with Gasteiger partial charge in [-0.2, -0.15) is 0 Å². The van der Waals surface area contributed by atoms with E-state index in [1.165, 1.54) is 11.0 Å². The van der Waals surface area contributed by atoms with Gasteiger partial charge in [0.15, 0.2) is 0 Å². The lowest BCUT2D eigenvalue weighted by Crippen LogP contribution is -2.28. The van der Waals surface area contributed by atoms with Gasteiger partial charge in [-0.1, -0.05) is 0 Å². The van der Waals surface area contributed by atoms with E-state index in [0.29, 0.717) is 0 Å². The molecular weight excluding hydrogens is 210 g/mol. The van der Waals surface area contributed by atoms with E-state index in [9.17, 15) is 4.79 Å². The van der Waals surface area contributed by atoms with E-state index >= 15 is 0 Å². The van der Waals surface area contributed by atoms with Crippen molar-refractivity contribution in [2.75, 3.05) is 6.54 Å². The van der Waals surface area contributed by atoms with Gasteiger partial charge in [-0.3, -0.25) is 4.79 Å². The largest absolute Gasteiger partial charge is 0.392 e. The summed E-state index contributed by atoms with van der Waals surface area (Å²) in [4.78, 5) is 13.5. The molecule has 15 heavy (non-hydrogen) atoms. The summed E-state index contributed by atoms with van der Waals surface area (Å²) >= 11 is 1.64. The normalized spacial score (nSPS) is 13.0. The van der Waals surface area contributed by atoms with Crippen molar-refractivity contribution >= 4 is 23.3 Å². The summed E-state index contributed by atoms with van der Waals surface area (Å²) in [5.74, 6) is -0.179. The molecule has 0 aliphatic rings. The molecule has 0 radical (unpaired) electrons. The Morgan fingerprint density at radius 3 is 2.93 bits per heavy atom. The second-order valence-electron chi connectivity index (χ2n) is 3.38. The second kappa shape index (κ2) is 5.68. The number of hydrogen-bond donors (Lipinski definition) is 2. The number of aliphatic hydroxyl groups is 1. The molecule has 1 rings (SSSR count). The molecule has 82 valence electrons. The summed E-state index contributed by atoms with van der Waals surface area (Å²) in [7, 11) is 0. The van der Waals surface area contributed by atoms with Crippen LogP contribution in [0.5, 0.6) is 0 Å². The molecule has 3 nitrogen and oxygen atoms in total.